The molecule has 0 radical (unpaired) electrons. The molecule has 0 spiro atoms. The standard InChI is InChI=1S/C28H30FO6P/c1-17-14-24(35-27(29)36)22(25(30)31)15-23(17)34-20-10-12-28(2,13-11-20)26(32)33-16-19-8-5-7-18-6-3-4-9-21(18)19/h3-9,14-15,20,27H,10-13,16,36H2,1-2H3,(H,30,31)/t20-,27?,28+. The van der Waals surface area contributed by atoms with Crippen LogP contribution in [0.25, 0.3) is 10.8 Å². The number of halogens is 1. The van der Waals surface area contributed by atoms with Gasteiger partial charge in [-0.25, -0.2) is 4.79 Å². The average Bonchev–Trinajstić information content (AvgIpc) is 2.85. The summed E-state index contributed by atoms with van der Waals surface area (Å²) in [6.07, 6.45) is 0.539. The number of carboxylic acid groups (broad SMARTS) is 1. The molecule has 0 saturated heterocycles. The zero-order chi connectivity index (χ0) is 25.9. The Bertz CT molecular complexity index is 1260. The van der Waals surface area contributed by atoms with E-state index in [0.717, 1.165) is 16.3 Å². The molecular formula is C28H30FO6P. The Labute approximate surface area is 211 Å². The quantitative estimate of drug-likeness (QED) is 0.277. The lowest BCUT2D eigenvalue weighted by atomic mass is 9.74. The lowest BCUT2D eigenvalue weighted by Gasteiger charge is -2.35. The average molecular weight is 513 g/mol. The minimum absolute atomic E-state index is 0.0555. The highest BCUT2D eigenvalue weighted by Crippen LogP contribution is 2.40. The first kappa shape index (κ1) is 25.9. The maximum atomic E-state index is 13.3. The zero-order valence-electron chi connectivity index (χ0n) is 20.3. The van der Waals surface area contributed by atoms with E-state index in [-0.39, 0.29) is 30.0 Å². The predicted molar refractivity (Wildman–Crippen MR) is 138 cm³/mol. The number of hydrogen-bond donors (Lipinski definition) is 1. The summed E-state index contributed by atoms with van der Waals surface area (Å²) in [5.74, 6) is -1.10. The van der Waals surface area contributed by atoms with Crippen LogP contribution < -0.4 is 9.47 Å². The molecule has 3 aromatic carbocycles. The number of esters is 1. The smallest absolute Gasteiger partial charge is 0.339 e. The van der Waals surface area contributed by atoms with Gasteiger partial charge in [0.05, 0.1) is 11.5 Å². The van der Waals surface area contributed by atoms with Gasteiger partial charge in [0.1, 0.15) is 23.7 Å². The number of carbonyl (C=O) groups excluding carboxylic acids is 1. The van der Waals surface area contributed by atoms with Crippen LogP contribution in [0.3, 0.4) is 0 Å². The van der Waals surface area contributed by atoms with Crippen LogP contribution in [0.1, 0.15) is 54.1 Å². The molecule has 0 heterocycles. The van der Waals surface area contributed by atoms with Crippen LogP contribution in [0.15, 0.2) is 54.6 Å². The van der Waals surface area contributed by atoms with E-state index in [1.165, 1.54) is 12.1 Å². The van der Waals surface area contributed by atoms with E-state index in [4.69, 9.17) is 14.2 Å². The van der Waals surface area contributed by atoms with Gasteiger partial charge in [-0.3, -0.25) is 4.79 Å². The molecule has 0 amide bonds. The lowest BCUT2D eigenvalue weighted by molar-refractivity contribution is -0.159. The highest BCUT2D eigenvalue weighted by Gasteiger charge is 2.39. The number of aromatic carboxylic acids is 1. The number of hydrogen-bond acceptors (Lipinski definition) is 5. The summed E-state index contributed by atoms with van der Waals surface area (Å²) in [7, 11) is 1.83. The van der Waals surface area contributed by atoms with Crippen molar-refractivity contribution in [2.45, 2.75) is 58.3 Å². The van der Waals surface area contributed by atoms with Gasteiger partial charge in [-0.05, 0) is 73.6 Å². The fraction of sp³-hybridized carbons (Fsp3) is 0.357. The molecule has 1 fully saturated rings. The first-order chi connectivity index (χ1) is 17.2. The summed E-state index contributed by atoms with van der Waals surface area (Å²) < 4.78 is 30.1. The number of fused-ring (bicyclic) bond motifs is 1. The molecule has 0 aliphatic heterocycles. The Morgan fingerprint density at radius 3 is 2.50 bits per heavy atom. The summed E-state index contributed by atoms with van der Waals surface area (Å²) in [5, 5.41) is 11.7. The maximum Gasteiger partial charge on any atom is 0.339 e. The van der Waals surface area contributed by atoms with E-state index in [1.807, 2.05) is 58.6 Å². The van der Waals surface area contributed by atoms with Crippen molar-refractivity contribution >= 4 is 32.0 Å². The number of benzene rings is 3. The number of rotatable bonds is 8. The van der Waals surface area contributed by atoms with Crippen molar-refractivity contribution in [3.8, 4) is 11.5 Å². The monoisotopic (exact) mass is 512 g/mol. The molecule has 1 N–H and O–H groups in total. The molecule has 190 valence electrons. The summed E-state index contributed by atoms with van der Waals surface area (Å²) in [4.78, 5) is 24.7. The Morgan fingerprint density at radius 2 is 1.81 bits per heavy atom. The van der Waals surface area contributed by atoms with Gasteiger partial charge in [0.25, 0.3) is 0 Å². The third-order valence-corrected chi connectivity index (χ3v) is 6.94. The number of carbonyl (C=O) groups is 2. The fourth-order valence-electron chi connectivity index (χ4n) is 4.64. The largest absolute Gasteiger partial charge is 0.490 e. The number of ether oxygens (including phenoxy) is 3. The second-order valence-corrected chi connectivity index (χ2v) is 10.0. The SMILES string of the molecule is Cc1cc(OC(F)P)c(C(=O)O)cc1O[C@H]1CC[C@@](C)(C(=O)OCc2cccc3ccccc23)CC1. The molecule has 1 saturated carbocycles. The maximum absolute atomic E-state index is 13.3. The summed E-state index contributed by atoms with van der Waals surface area (Å²) >= 11 is 0. The number of aryl methyl sites for hydroxylation is 1. The van der Waals surface area contributed by atoms with Crippen LogP contribution in [0.4, 0.5) is 4.39 Å². The van der Waals surface area contributed by atoms with Gasteiger partial charge in [-0.15, -0.1) is 0 Å². The van der Waals surface area contributed by atoms with Crippen LogP contribution in [0.5, 0.6) is 11.5 Å². The second-order valence-electron chi connectivity index (χ2n) is 9.48. The van der Waals surface area contributed by atoms with Gasteiger partial charge >= 0.3 is 11.9 Å². The molecule has 1 aliphatic rings. The van der Waals surface area contributed by atoms with E-state index in [2.05, 4.69) is 0 Å². The van der Waals surface area contributed by atoms with Gasteiger partial charge in [0.2, 0.25) is 6.10 Å². The zero-order valence-corrected chi connectivity index (χ0v) is 21.5. The summed E-state index contributed by atoms with van der Waals surface area (Å²) in [5.41, 5.74) is 0.833. The van der Waals surface area contributed by atoms with Crippen molar-refractivity contribution in [3.05, 3.63) is 71.3 Å². The fourth-order valence-corrected chi connectivity index (χ4v) is 4.79. The molecule has 8 heteroatoms. The molecule has 3 aromatic rings. The minimum Gasteiger partial charge on any atom is -0.490 e. The molecule has 2 atom stereocenters. The highest BCUT2D eigenvalue weighted by atomic mass is 31.0. The van der Waals surface area contributed by atoms with Crippen LogP contribution in [0, 0.1) is 12.3 Å². The first-order valence-electron chi connectivity index (χ1n) is 11.9. The molecule has 36 heavy (non-hydrogen) atoms. The van der Waals surface area contributed by atoms with Crippen LogP contribution >= 0.6 is 9.24 Å². The van der Waals surface area contributed by atoms with E-state index in [9.17, 15) is 19.1 Å². The van der Waals surface area contributed by atoms with Crippen LogP contribution in [0.2, 0.25) is 0 Å². The van der Waals surface area contributed by atoms with E-state index in [0.29, 0.717) is 37.0 Å². The molecule has 1 aliphatic carbocycles. The Hall–Kier alpha value is -3.18. The second kappa shape index (κ2) is 10.8. The third kappa shape index (κ3) is 5.79. The summed E-state index contributed by atoms with van der Waals surface area (Å²) in [6.45, 7) is 3.89. The van der Waals surface area contributed by atoms with Gasteiger partial charge in [-0.2, -0.15) is 4.39 Å². The van der Waals surface area contributed by atoms with Crippen molar-refractivity contribution in [3.63, 3.8) is 0 Å². The van der Waals surface area contributed by atoms with Crippen LogP contribution in [-0.4, -0.2) is 29.2 Å². The molecule has 0 aromatic heterocycles. The topological polar surface area (TPSA) is 82.1 Å². The van der Waals surface area contributed by atoms with Gasteiger partial charge in [0.15, 0.2) is 0 Å². The normalized spacial score (nSPS) is 20.5. The Kier molecular flexibility index (Phi) is 7.79. The summed E-state index contributed by atoms with van der Waals surface area (Å²) in [6, 6.07) is 16.8. The Balaban J connectivity index is 1.38. The van der Waals surface area contributed by atoms with Gasteiger partial charge in [0, 0.05) is 0 Å². The van der Waals surface area contributed by atoms with Gasteiger partial charge in [-0.1, -0.05) is 51.7 Å². The third-order valence-electron chi connectivity index (χ3n) is 6.81. The van der Waals surface area contributed by atoms with Crippen molar-refractivity contribution in [1.82, 2.24) is 0 Å². The van der Waals surface area contributed by atoms with Crippen molar-refractivity contribution in [2.24, 2.45) is 5.41 Å². The van der Waals surface area contributed by atoms with Crippen LogP contribution in [-0.2, 0) is 16.1 Å². The number of alkyl halides is 1. The first-order valence-corrected chi connectivity index (χ1v) is 12.6. The highest BCUT2D eigenvalue weighted by molar-refractivity contribution is 7.16. The van der Waals surface area contributed by atoms with E-state index < -0.39 is 17.5 Å². The molecule has 2 unspecified atom stereocenters. The molecule has 0 bridgehead atoms. The lowest BCUT2D eigenvalue weighted by Crippen LogP contribution is -2.37. The molecule has 4 rings (SSSR count). The molecular weight excluding hydrogens is 482 g/mol. The van der Waals surface area contributed by atoms with E-state index >= 15 is 0 Å². The minimum atomic E-state index is -1.72. The van der Waals surface area contributed by atoms with Crippen molar-refractivity contribution in [1.29, 1.82) is 0 Å². The van der Waals surface area contributed by atoms with Crippen molar-refractivity contribution in [2.75, 3.05) is 0 Å². The van der Waals surface area contributed by atoms with E-state index in [1.54, 1.807) is 6.92 Å². The number of carboxylic acids is 1. The van der Waals surface area contributed by atoms with Crippen molar-refractivity contribution < 1.29 is 33.3 Å². The Morgan fingerprint density at radius 1 is 1.11 bits per heavy atom. The predicted octanol–water partition coefficient (Wildman–Crippen LogP) is 6.42. The van der Waals surface area contributed by atoms with Gasteiger partial charge < -0.3 is 19.3 Å². The molecule has 6 nitrogen and oxygen atoms in total.